The first kappa shape index (κ1) is 12.5. The van der Waals surface area contributed by atoms with Gasteiger partial charge in [-0.2, -0.15) is 0 Å². The van der Waals surface area contributed by atoms with E-state index in [9.17, 15) is 4.79 Å². The number of nitrogens with zero attached hydrogens (tertiary/aromatic N) is 2. The summed E-state index contributed by atoms with van der Waals surface area (Å²) in [5.74, 6) is -0.123. The number of pyridine rings is 1. The zero-order valence-electron chi connectivity index (χ0n) is 10.7. The molecule has 0 spiro atoms. The number of rotatable bonds is 4. The van der Waals surface area contributed by atoms with E-state index >= 15 is 0 Å². The molecule has 0 aliphatic rings. The molecular formula is C14H17N3O. The Morgan fingerprint density at radius 3 is 2.72 bits per heavy atom. The van der Waals surface area contributed by atoms with Crippen LogP contribution in [0, 0.1) is 0 Å². The Morgan fingerprint density at radius 2 is 2.00 bits per heavy atom. The lowest BCUT2D eigenvalue weighted by Crippen LogP contribution is -2.31. The van der Waals surface area contributed by atoms with Gasteiger partial charge in [0.15, 0.2) is 0 Å². The highest BCUT2D eigenvalue weighted by Gasteiger charge is 2.07. The van der Waals surface area contributed by atoms with Crippen molar-refractivity contribution in [3.63, 3.8) is 0 Å². The van der Waals surface area contributed by atoms with Crippen molar-refractivity contribution in [3.8, 4) is 0 Å². The second-order valence-electron chi connectivity index (χ2n) is 4.48. The number of amides is 1. The Labute approximate surface area is 107 Å². The number of carbonyl (C=O) groups is 1. The van der Waals surface area contributed by atoms with Crippen LogP contribution in [0.1, 0.15) is 10.5 Å². The van der Waals surface area contributed by atoms with Crippen LogP contribution in [0.2, 0.25) is 0 Å². The lowest BCUT2D eigenvalue weighted by atomic mass is 10.1. The first-order chi connectivity index (χ1) is 8.66. The van der Waals surface area contributed by atoms with Gasteiger partial charge in [-0.15, -0.1) is 0 Å². The maximum absolute atomic E-state index is 11.9. The largest absolute Gasteiger partial charge is 0.349 e. The molecule has 0 atom stereocenters. The first-order valence-electron chi connectivity index (χ1n) is 5.94. The Hall–Kier alpha value is -1.94. The molecule has 1 amide bonds. The minimum absolute atomic E-state index is 0.123. The third kappa shape index (κ3) is 3.05. The summed E-state index contributed by atoms with van der Waals surface area (Å²) >= 11 is 0. The van der Waals surface area contributed by atoms with Gasteiger partial charge in [0.25, 0.3) is 5.91 Å². The molecule has 0 aliphatic heterocycles. The Bertz CT molecular complexity index is 551. The molecule has 0 radical (unpaired) electrons. The minimum atomic E-state index is -0.123. The van der Waals surface area contributed by atoms with E-state index in [2.05, 4.69) is 10.3 Å². The van der Waals surface area contributed by atoms with Crippen molar-refractivity contribution < 1.29 is 4.79 Å². The summed E-state index contributed by atoms with van der Waals surface area (Å²) in [7, 11) is 3.95. The van der Waals surface area contributed by atoms with Crippen molar-refractivity contribution in [2.45, 2.75) is 0 Å². The highest BCUT2D eigenvalue weighted by atomic mass is 16.1. The van der Waals surface area contributed by atoms with Crippen LogP contribution in [0.3, 0.4) is 0 Å². The molecule has 0 bridgehead atoms. The Morgan fingerprint density at radius 1 is 1.28 bits per heavy atom. The van der Waals surface area contributed by atoms with Crippen LogP contribution in [0.15, 0.2) is 36.5 Å². The molecule has 0 aliphatic carbocycles. The highest BCUT2D eigenvalue weighted by Crippen LogP contribution is 2.13. The summed E-state index contributed by atoms with van der Waals surface area (Å²) in [4.78, 5) is 18.1. The van der Waals surface area contributed by atoms with E-state index in [4.69, 9.17) is 0 Å². The fourth-order valence-corrected chi connectivity index (χ4v) is 1.69. The average molecular weight is 243 g/mol. The van der Waals surface area contributed by atoms with Gasteiger partial charge in [0.05, 0.1) is 0 Å². The summed E-state index contributed by atoms with van der Waals surface area (Å²) in [6, 6.07) is 9.70. The number of aromatic nitrogens is 1. The van der Waals surface area contributed by atoms with Crippen molar-refractivity contribution in [2.24, 2.45) is 0 Å². The molecule has 4 heteroatoms. The number of carbonyl (C=O) groups excluding carboxylic acids is 1. The maximum Gasteiger partial charge on any atom is 0.269 e. The van der Waals surface area contributed by atoms with E-state index in [0.29, 0.717) is 12.2 Å². The third-order valence-electron chi connectivity index (χ3n) is 2.71. The smallest absolute Gasteiger partial charge is 0.269 e. The van der Waals surface area contributed by atoms with E-state index < -0.39 is 0 Å². The quantitative estimate of drug-likeness (QED) is 0.885. The summed E-state index contributed by atoms with van der Waals surface area (Å²) in [5.41, 5.74) is 0.465. The molecule has 18 heavy (non-hydrogen) atoms. The topological polar surface area (TPSA) is 45.2 Å². The van der Waals surface area contributed by atoms with Gasteiger partial charge >= 0.3 is 0 Å². The Balaban J connectivity index is 2.08. The van der Waals surface area contributed by atoms with Crippen LogP contribution in [-0.4, -0.2) is 43.0 Å². The number of nitrogens with one attached hydrogen (secondary N) is 1. The van der Waals surface area contributed by atoms with Crippen LogP contribution in [-0.2, 0) is 0 Å². The van der Waals surface area contributed by atoms with E-state index in [1.54, 1.807) is 6.20 Å². The molecule has 0 unspecified atom stereocenters. The van der Waals surface area contributed by atoms with Crippen molar-refractivity contribution in [1.29, 1.82) is 0 Å². The zero-order chi connectivity index (χ0) is 13.0. The SMILES string of the molecule is CN(C)CCNC(=O)c1cc2ccccc2cn1. The van der Waals surface area contributed by atoms with E-state index in [1.807, 2.05) is 49.3 Å². The summed E-state index contributed by atoms with van der Waals surface area (Å²) < 4.78 is 0. The lowest BCUT2D eigenvalue weighted by Gasteiger charge is -2.10. The lowest BCUT2D eigenvalue weighted by molar-refractivity contribution is 0.0946. The van der Waals surface area contributed by atoms with Gasteiger partial charge in [0, 0.05) is 24.7 Å². The van der Waals surface area contributed by atoms with Gasteiger partial charge in [-0.05, 0) is 25.5 Å². The number of hydrogen-bond acceptors (Lipinski definition) is 3. The molecule has 0 saturated carbocycles. The van der Waals surface area contributed by atoms with Gasteiger partial charge in [-0.3, -0.25) is 9.78 Å². The molecule has 4 nitrogen and oxygen atoms in total. The number of fused-ring (bicyclic) bond motifs is 1. The molecular weight excluding hydrogens is 226 g/mol. The van der Waals surface area contributed by atoms with Gasteiger partial charge in [-0.25, -0.2) is 0 Å². The molecule has 2 rings (SSSR count). The second kappa shape index (κ2) is 5.60. The molecule has 1 aromatic heterocycles. The summed E-state index contributed by atoms with van der Waals surface area (Å²) in [6.45, 7) is 1.44. The monoisotopic (exact) mass is 243 g/mol. The number of likely N-dealkylation sites (N-methyl/N-ethyl adjacent to an activating group) is 1. The Kier molecular flexibility index (Phi) is 3.89. The molecule has 2 aromatic rings. The van der Waals surface area contributed by atoms with Crippen molar-refractivity contribution in [3.05, 3.63) is 42.2 Å². The van der Waals surface area contributed by atoms with E-state index in [1.165, 1.54) is 0 Å². The molecule has 1 aromatic carbocycles. The maximum atomic E-state index is 11.9. The third-order valence-corrected chi connectivity index (χ3v) is 2.71. The van der Waals surface area contributed by atoms with Gasteiger partial charge in [0.2, 0.25) is 0 Å². The highest BCUT2D eigenvalue weighted by molar-refractivity contribution is 5.96. The van der Waals surface area contributed by atoms with Crippen LogP contribution in [0.4, 0.5) is 0 Å². The van der Waals surface area contributed by atoms with E-state index in [-0.39, 0.29) is 5.91 Å². The number of benzene rings is 1. The molecule has 0 fully saturated rings. The normalized spacial score (nSPS) is 10.8. The second-order valence-corrected chi connectivity index (χ2v) is 4.48. The summed E-state index contributed by atoms with van der Waals surface area (Å²) in [6.07, 6.45) is 1.73. The van der Waals surface area contributed by atoms with Gasteiger partial charge < -0.3 is 10.2 Å². The fraction of sp³-hybridized carbons (Fsp3) is 0.286. The average Bonchev–Trinajstić information content (AvgIpc) is 2.37. The van der Waals surface area contributed by atoms with Crippen molar-refractivity contribution in [1.82, 2.24) is 15.2 Å². The zero-order valence-corrected chi connectivity index (χ0v) is 10.7. The standard InChI is InChI=1S/C14H17N3O/c1-17(2)8-7-15-14(18)13-9-11-5-3-4-6-12(11)10-16-13/h3-6,9-10H,7-8H2,1-2H3,(H,15,18). The minimum Gasteiger partial charge on any atom is -0.349 e. The predicted molar refractivity (Wildman–Crippen MR) is 72.6 cm³/mol. The van der Waals surface area contributed by atoms with Crippen LogP contribution < -0.4 is 5.32 Å². The molecule has 1 heterocycles. The number of hydrogen-bond donors (Lipinski definition) is 1. The van der Waals surface area contributed by atoms with E-state index in [0.717, 1.165) is 17.3 Å². The van der Waals surface area contributed by atoms with Gasteiger partial charge in [0.1, 0.15) is 5.69 Å². The molecule has 94 valence electrons. The molecule has 1 N–H and O–H groups in total. The molecule has 0 saturated heterocycles. The van der Waals surface area contributed by atoms with Crippen LogP contribution in [0.25, 0.3) is 10.8 Å². The van der Waals surface area contributed by atoms with Crippen molar-refractivity contribution in [2.75, 3.05) is 27.2 Å². The fourth-order valence-electron chi connectivity index (χ4n) is 1.69. The van der Waals surface area contributed by atoms with Crippen molar-refractivity contribution >= 4 is 16.7 Å². The van der Waals surface area contributed by atoms with Crippen LogP contribution >= 0.6 is 0 Å². The first-order valence-corrected chi connectivity index (χ1v) is 5.94. The van der Waals surface area contributed by atoms with Crippen LogP contribution in [0.5, 0.6) is 0 Å². The summed E-state index contributed by atoms with van der Waals surface area (Å²) in [5, 5.41) is 4.93. The predicted octanol–water partition coefficient (Wildman–Crippen LogP) is 1.53. The van der Waals surface area contributed by atoms with Gasteiger partial charge in [-0.1, -0.05) is 24.3 Å².